The lowest BCUT2D eigenvalue weighted by molar-refractivity contribution is 0.559. The molecule has 3 aromatic carbocycles. The number of nitrogens with one attached hydrogen (secondary N) is 2. The predicted octanol–water partition coefficient (Wildman–Crippen LogP) is 5.74. The molecule has 0 fully saturated rings. The van der Waals surface area contributed by atoms with Gasteiger partial charge in [0.05, 0.1) is 6.21 Å². The zero-order valence-electron chi connectivity index (χ0n) is 17.3. The topological polar surface area (TPSA) is 48.8 Å². The summed E-state index contributed by atoms with van der Waals surface area (Å²) in [5.74, 6) is -0.151. The molecule has 0 amide bonds. The van der Waals surface area contributed by atoms with Gasteiger partial charge in [-0.25, -0.2) is 9.98 Å². The highest BCUT2D eigenvalue weighted by Crippen LogP contribution is 2.35. The van der Waals surface area contributed by atoms with Crippen LogP contribution >= 0.6 is 0 Å². The predicted molar refractivity (Wildman–Crippen MR) is 123 cm³/mol. The molecular weight excluding hydrogens is 356 g/mol. The molecule has 146 valence electrons. The average molecular weight is 383 g/mol. The van der Waals surface area contributed by atoms with E-state index in [-0.39, 0.29) is 0 Å². The van der Waals surface area contributed by atoms with Gasteiger partial charge < -0.3 is 10.6 Å². The van der Waals surface area contributed by atoms with E-state index in [1.165, 1.54) is 22.3 Å². The Morgan fingerprint density at radius 2 is 1.21 bits per heavy atom. The van der Waals surface area contributed by atoms with E-state index < -0.39 is 5.79 Å². The van der Waals surface area contributed by atoms with Crippen molar-refractivity contribution < 1.29 is 0 Å². The summed E-state index contributed by atoms with van der Waals surface area (Å²) in [6.45, 7) is 8.40. The number of benzene rings is 3. The minimum Gasteiger partial charge on any atom is -0.339 e. The molecule has 0 radical (unpaired) electrons. The zero-order chi connectivity index (χ0) is 20.4. The van der Waals surface area contributed by atoms with E-state index in [4.69, 9.17) is 9.98 Å². The van der Waals surface area contributed by atoms with Crippen LogP contribution in [0.1, 0.15) is 27.8 Å². The normalized spacial score (nSPS) is 17.9. The number of nitrogens with zero attached hydrogens (tertiary/aromatic N) is 2. The maximum Gasteiger partial charge on any atom is 0.254 e. The first-order valence-electron chi connectivity index (χ1n) is 9.87. The van der Waals surface area contributed by atoms with Crippen molar-refractivity contribution in [2.24, 2.45) is 9.98 Å². The van der Waals surface area contributed by atoms with Gasteiger partial charge in [-0.15, -0.1) is 0 Å². The number of para-hydroxylation sites is 2. The Balaban J connectivity index is 1.76. The monoisotopic (exact) mass is 382 g/mol. The average Bonchev–Trinajstić information content (AvgIpc) is 3.13. The first-order valence-corrected chi connectivity index (χ1v) is 9.87. The highest BCUT2D eigenvalue weighted by molar-refractivity contribution is 6.36. The van der Waals surface area contributed by atoms with E-state index in [9.17, 15) is 0 Å². The molecule has 0 saturated heterocycles. The quantitative estimate of drug-likeness (QED) is 0.605. The van der Waals surface area contributed by atoms with Gasteiger partial charge in [0, 0.05) is 16.9 Å². The smallest absolute Gasteiger partial charge is 0.254 e. The summed E-state index contributed by atoms with van der Waals surface area (Å²) >= 11 is 0. The Morgan fingerprint density at radius 1 is 0.655 bits per heavy atom. The molecule has 0 aliphatic carbocycles. The van der Waals surface area contributed by atoms with E-state index in [0.717, 1.165) is 22.8 Å². The van der Waals surface area contributed by atoms with Crippen LogP contribution in [0.3, 0.4) is 0 Å². The van der Waals surface area contributed by atoms with E-state index in [1.54, 1.807) is 0 Å². The summed E-state index contributed by atoms with van der Waals surface area (Å²) in [5.41, 5.74) is 7.84. The summed E-state index contributed by atoms with van der Waals surface area (Å²) in [6.07, 6.45) is 1.82. The van der Waals surface area contributed by atoms with Crippen molar-refractivity contribution >= 4 is 23.4 Å². The van der Waals surface area contributed by atoms with E-state index in [2.05, 4.69) is 86.9 Å². The number of anilines is 2. The van der Waals surface area contributed by atoms with Crippen molar-refractivity contribution in [3.8, 4) is 0 Å². The summed E-state index contributed by atoms with van der Waals surface area (Å²) in [4.78, 5) is 9.87. The fourth-order valence-electron chi connectivity index (χ4n) is 3.71. The third-order valence-electron chi connectivity index (χ3n) is 5.35. The molecule has 4 nitrogen and oxygen atoms in total. The van der Waals surface area contributed by atoms with Crippen molar-refractivity contribution in [3.05, 3.63) is 94.5 Å². The second kappa shape index (κ2) is 7.55. The van der Waals surface area contributed by atoms with Crippen molar-refractivity contribution in [2.45, 2.75) is 33.5 Å². The molecule has 0 aromatic heterocycles. The largest absolute Gasteiger partial charge is 0.339 e. The Bertz CT molecular complexity index is 1060. The van der Waals surface area contributed by atoms with Crippen LogP contribution < -0.4 is 10.6 Å². The van der Waals surface area contributed by atoms with Gasteiger partial charge in [-0.05, 0) is 49.9 Å². The molecule has 4 rings (SSSR count). The van der Waals surface area contributed by atoms with Gasteiger partial charge in [-0.1, -0.05) is 66.7 Å². The summed E-state index contributed by atoms with van der Waals surface area (Å²) in [6, 6.07) is 22.7. The molecule has 0 spiro atoms. The van der Waals surface area contributed by atoms with Gasteiger partial charge in [-0.2, -0.15) is 0 Å². The summed E-state index contributed by atoms with van der Waals surface area (Å²) in [5, 5.41) is 7.10. The second-order valence-corrected chi connectivity index (χ2v) is 7.58. The van der Waals surface area contributed by atoms with Crippen molar-refractivity contribution in [2.75, 3.05) is 10.6 Å². The van der Waals surface area contributed by atoms with Gasteiger partial charge in [-0.3, -0.25) is 0 Å². The van der Waals surface area contributed by atoms with Crippen LogP contribution in [0.15, 0.2) is 76.7 Å². The standard InChI is InChI=1S/C25H26N4/c1-17-10-8-11-18(2)23(17)27-22-16-26-25(28-22,21-14-6-5-7-15-21)29-24-19(3)12-9-13-20(24)4/h5-16,29H,1-4H3,(H,27,28). The van der Waals surface area contributed by atoms with Gasteiger partial charge in [0.25, 0.3) is 5.79 Å². The molecule has 0 saturated carbocycles. The highest BCUT2D eigenvalue weighted by Gasteiger charge is 2.35. The highest BCUT2D eigenvalue weighted by atomic mass is 15.3. The Morgan fingerprint density at radius 3 is 1.79 bits per heavy atom. The minimum absolute atomic E-state index is 0.741. The Kier molecular flexibility index (Phi) is 4.93. The lowest BCUT2D eigenvalue weighted by Crippen LogP contribution is -2.31. The molecule has 3 aromatic rings. The molecule has 2 N–H and O–H groups in total. The van der Waals surface area contributed by atoms with Crippen LogP contribution in [-0.4, -0.2) is 12.1 Å². The molecule has 4 heteroatoms. The molecular formula is C25H26N4. The van der Waals surface area contributed by atoms with Crippen LogP contribution in [0, 0.1) is 27.7 Å². The molecule has 1 heterocycles. The number of hydrogen-bond acceptors (Lipinski definition) is 4. The summed E-state index contributed by atoms with van der Waals surface area (Å²) in [7, 11) is 0. The maximum atomic E-state index is 5.02. The minimum atomic E-state index is -0.892. The van der Waals surface area contributed by atoms with Crippen LogP contribution in [0.4, 0.5) is 11.4 Å². The molecule has 1 aliphatic heterocycles. The van der Waals surface area contributed by atoms with Gasteiger partial charge in [0.2, 0.25) is 0 Å². The van der Waals surface area contributed by atoms with Gasteiger partial charge in [0.15, 0.2) is 0 Å². The second-order valence-electron chi connectivity index (χ2n) is 7.58. The zero-order valence-corrected chi connectivity index (χ0v) is 17.3. The fourth-order valence-corrected chi connectivity index (χ4v) is 3.71. The third kappa shape index (κ3) is 3.66. The first kappa shape index (κ1) is 18.9. The summed E-state index contributed by atoms with van der Waals surface area (Å²) < 4.78 is 0. The first-order chi connectivity index (χ1) is 14.0. The molecule has 1 unspecified atom stereocenters. The van der Waals surface area contributed by atoms with Crippen molar-refractivity contribution in [3.63, 3.8) is 0 Å². The maximum absolute atomic E-state index is 5.02. The van der Waals surface area contributed by atoms with Gasteiger partial charge >= 0.3 is 0 Å². The number of aliphatic imine (C=N–C) groups is 2. The lowest BCUT2D eigenvalue weighted by atomic mass is 10.0. The van der Waals surface area contributed by atoms with E-state index in [1.807, 2.05) is 24.4 Å². The van der Waals surface area contributed by atoms with Crippen LogP contribution in [0.25, 0.3) is 0 Å². The SMILES string of the molecule is Cc1cccc(C)c1NC1=NC(Nc2c(C)cccc2C)(c2ccccc2)N=C1. The Labute approximate surface area is 172 Å². The number of hydrogen-bond donors (Lipinski definition) is 2. The van der Waals surface area contributed by atoms with Gasteiger partial charge in [0.1, 0.15) is 5.84 Å². The molecule has 0 bridgehead atoms. The lowest BCUT2D eigenvalue weighted by Gasteiger charge is -2.28. The molecule has 1 atom stereocenters. The molecule has 1 aliphatic rings. The number of aryl methyl sites for hydroxylation is 4. The van der Waals surface area contributed by atoms with Crippen molar-refractivity contribution in [1.29, 1.82) is 0 Å². The van der Waals surface area contributed by atoms with Crippen LogP contribution in [-0.2, 0) is 5.79 Å². The number of amidine groups is 1. The fraction of sp³-hybridized carbons (Fsp3) is 0.200. The van der Waals surface area contributed by atoms with E-state index in [0.29, 0.717) is 0 Å². The molecule has 29 heavy (non-hydrogen) atoms. The van der Waals surface area contributed by atoms with Crippen LogP contribution in [0.5, 0.6) is 0 Å². The Hall–Kier alpha value is -3.40. The van der Waals surface area contributed by atoms with Crippen molar-refractivity contribution in [1.82, 2.24) is 0 Å². The van der Waals surface area contributed by atoms with Crippen LogP contribution in [0.2, 0.25) is 0 Å². The van der Waals surface area contributed by atoms with E-state index >= 15 is 0 Å². The third-order valence-corrected chi connectivity index (χ3v) is 5.35. The number of rotatable bonds is 4.